The van der Waals surface area contributed by atoms with Crippen LogP contribution in [-0.2, 0) is 11.3 Å². The summed E-state index contributed by atoms with van der Waals surface area (Å²) in [6, 6.07) is 17.1. The van der Waals surface area contributed by atoms with Crippen molar-refractivity contribution in [3.63, 3.8) is 0 Å². The van der Waals surface area contributed by atoms with Crippen molar-refractivity contribution in [2.24, 2.45) is 5.41 Å². The van der Waals surface area contributed by atoms with Crippen molar-refractivity contribution in [2.75, 3.05) is 0 Å². The van der Waals surface area contributed by atoms with Crippen LogP contribution >= 0.6 is 23.2 Å². The molecule has 0 radical (unpaired) electrons. The number of carbonyl (C=O) groups excluding carboxylic acids is 1. The summed E-state index contributed by atoms with van der Waals surface area (Å²) in [7, 11) is 0. The number of likely N-dealkylation sites (tertiary alicyclic amines) is 1. The van der Waals surface area contributed by atoms with Crippen molar-refractivity contribution in [1.29, 1.82) is 0 Å². The number of piperidine rings is 1. The molecule has 0 spiro atoms. The van der Waals surface area contributed by atoms with Crippen molar-refractivity contribution in [3.8, 4) is 0 Å². The number of aromatic nitrogens is 2. The summed E-state index contributed by atoms with van der Waals surface area (Å²) in [5.74, 6) is 1.82. The molecule has 7 heteroatoms. The van der Waals surface area contributed by atoms with Crippen LogP contribution in [0.5, 0.6) is 0 Å². The summed E-state index contributed by atoms with van der Waals surface area (Å²) in [5, 5.41) is 5.58. The Bertz CT molecular complexity index is 1110. The SMILES string of the molecule is C=CC[C@@]1(C)CCC(c2ccc(Cl)cc2)N(Cc2nc(C3CC3)no2)C1=O.CC.Clc1ccccc1. The predicted molar refractivity (Wildman–Crippen MR) is 146 cm³/mol. The van der Waals surface area contributed by atoms with Gasteiger partial charge in [0.2, 0.25) is 11.8 Å². The molecule has 36 heavy (non-hydrogen) atoms. The Morgan fingerprint density at radius 3 is 2.25 bits per heavy atom. The van der Waals surface area contributed by atoms with Gasteiger partial charge in [-0.15, -0.1) is 6.58 Å². The number of carbonyl (C=O) groups is 1. The fourth-order valence-corrected chi connectivity index (χ4v) is 4.60. The fraction of sp³-hybridized carbons (Fsp3) is 0.414. The first-order chi connectivity index (χ1) is 17.4. The smallest absolute Gasteiger partial charge is 0.246 e. The molecule has 1 saturated carbocycles. The molecule has 1 aliphatic carbocycles. The maximum absolute atomic E-state index is 13.4. The van der Waals surface area contributed by atoms with E-state index in [2.05, 4.69) is 16.7 Å². The Kier molecular flexibility index (Phi) is 10.1. The van der Waals surface area contributed by atoms with E-state index in [0.717, 1.165) is 42.1 Å². The molecule has 0 bridgehead atoms. The van der Waals surface area contributed by atoms with Crippen LogP contribution in [0.25, 0.3) is 0 Å². The van der Waals surface area contributed by atoms with Crippen LogP contribution in [0.2, 0.25) is 10.0 Å². The topological polar surface area (TPSA) is 59.2 Å². The number of hydrogen-bond acceptors (Lipinski definition) is 4. The molecule has 5 nitrogen and oxygen atoms in total. The van der Waals surface area contributed by atoms with Crippen molar-refractivity contribution < 1.29 is 9.32 Å². The van der Waals surface area contributed by atoms with E-state index in [1.54, 1.807) is 0 Å². The second kappa shape index (κ2) is 13.1. The molecule has 1 saturated heterocycles. The molecule has 5 rings (SSSR count). The van der Waals surface area contributed by atoms with Gasteiger partial charge in [0.05, 0.1) is 11.5 Å². The van der Waals surface area contributed by atoms with Crippen molar-refractivity contribution in [3.05, 3.63) is 94.6 Å². The molecular formula is C29H35Cl2N3O2. The quantitative estimate of drug-likeness (QED) is 0.301. The first kappa shape index (κ1) is 27.9. The van der Waals surface area contributed by atoms with Crippen LogP contribution in [-0.4, -0.2) is 20.9 Å². The fourth-order valence-electron chi connectivity index (χ4n) is 4.33. The highest BCUT2D eigenvalue weighted by Crippen LogP contribution is 2.44. The van der Waals surface area contributed by atoms with Gasteiger partial charge in [0, 0.05) is 16.0 Å². The highest BCUT2D eigenvalue weighted by Gasteiger charge is 2.44. The number of rotatable bonds is 6. The normalized spacial score (nSPS) is 21.1. The molecule has 1 aromatic heterocycles. The number of hydrogen-bond donors (Lipinski definition) is 0. The van der Waals surface area contributed by atoms with Crippen molar-refractivity contribution in [1.82, 2.24) is 15.0 Å². The third-order valence-corrected chi connectivity index (χ3v) is 6.94. The third-order valence-electron chi connectivity index (χ3n) is 6.44. The van der Waals surface area contributed by atoms with Gasteiger partial charge in [0.1, 0.15) is 6.54 Å². The molecule has 1 aliphatic heterocycles. The van der Waals surface area contributed by atoms with Crippen LogP contribution in [0, 0.1) is 5.41 Å². The van der Waals surface area contributed by atoms with E-state index in [9.17, 15) is 4.79 Å². The largest absolute Gasteiger partial charge is 0.337 e. The van der Waals surface area contributed by atoms with Crippen molar-refractivity contribution >= 4 is 29.1 Å². The van der Waals surface area contributed by atoms with Gasteiger partial charge in [-0.2, -0.15) is 4.98 Å². The van der Waals surface area contributed by atoms with Gasteiger partial charge >= 0.3 is 0 Å². The second-order valence-corrected chi connectivity index (χ2v) is 10.1. The summed E-state index contributed by atoms with van der Waals surface area (Å²) >= 11 is 11.6. The van der Waals surface area contributed by atoms with Crippen LogP contribution in [0.1, 0.15) is 82.1 Å². The van der Waals surface area contributed by atoms with Gasteiger partial charge in [-0.1, -0.05) is 85.5 Å². The van der Waals surface area contributed by atoms with E-state index in [-0.39, 0.29) is 11.9 Å². The van der Waals surface area contributed by atoms with Crippen LogP contribution in [0.15, 0.2) is 71.8 Å². The van der Waals surface area contributed by atoms with E-state index in [1.165, 1.54) is 0 Å². The lowest BCUT2D eigenvalue weighted by Crippen LogP contribution is -2.48. The molecule has 2 atom stereocenters. The molecule has 2 aliphatic rings. The molecule has 0 N–H and O–H groups in total. The van der Waals surface area contributed by atoms with Crippen LogP contribution in [0.3, 0.4) is 0 Å². The summed E-state index contributed by atoms with van der Waals surface area (Å²) in [5.41, 5.74) is 0.639. The average molecular weight is 529 g/mol. The Morgan fingerprint density at radius 1 is 1.06 bits per heavy atom. The van der Waals surface area contributed by atoms with Gasteiger partial charge in [-0.25, -0.2) is 0 Å². The van der Waals surface area contributed by atoms with E-state index < -0.39 is 5.41 Å². The summed E-state index contributed by atoms with van der Waals surface area (Å²) in [6.45, 7) is 10.2. The minimum atomic E-state index is -0.440. The summed E-state index contributed by atoms with van der Waals surface area (Å²) < 4.78 is 5.45. The molecule has 2 aromatic carbocycles. The van der Waals surface area contributed by atoms with Crippen LogP contribution in [0.4, 0.5) is 0 Å². The Balaban J connectivity index is 0.000000342. The number of nitrogens with zero attached hydrogens (tertiary/aromatic N) is 3. The molecule has 192 valence electrons. The number of benzene rings is 2. The zero-order valence-electron chi connectivity index (χ0n) is 21.3. The zero-order valence-corrected chi connectivity index (χ0v) is 22.8. The van der Waals surface area contributed by atoms with Gasteiger partial charge in [0.25, 0.3) is 0 Å². The standard InChI is InChI=1S/C21H24ClN3O2.C6H5Cl.C2H6/c1-3-11-21(2)12-10-17(14-6-8-16(22)9-7-14)25(20(21)26)13-18-23-19(24-27-18)15-4-5-15;7-6-4-2-1-3-5-6;1-2/h3,6-9,15,17H,1,4-5,10-13H2,2H3;1-5H;1-2H3/t17?,21-;;/m0../s1. The molecule has 1 amide bonds. The monoisotopic (exact) mass is 527 g/mol. The lowest BCUT2D eigenvalue weighted by molar-refractivity contribution is -0.150. The molecule has 2 fully saturated rings. The maximum atomic E-state index is 13.4. The van der Waals surface area contributed by atoms with E-state index >= 15 is 0 Å². The minimum absolute atomic E-state index is 0.0241. The highest BCUT2D eigenvalue weighted by molar-refractivity contribution is 6.30. The average Bonchev–Trinajstić information content (AvgIpc) is 3.64. The van der Waals surface area contributed by atoms with Crippen molar-refractivity contribution in [2.45, 2.75) is 71.4 Å². The molecular weight excluding hydrogens is 493 g/mol. The van der Waals surface area contributed by atoms with Gasteiger partial charge in [-0.3, -0.25) is 4.79 Å². The molecule has 3 aromatic rings. The third kappa shape index (κ3) is 7.21. The lowest BCUT2D eigenvalue weighted by Gasteiger charge is -2.44. The predicted octanol–water partition coefficient (Wildman–Crippen LogP) is 8.41. The van der Waals surface area contributed by atoms with E-state index in [4.69, 9.17) is 27.7 Å². The Morgan fingerprint density at radius 2 is 1.69 bits per heavy atom. The van der Waals surface area contributed by atoms with E-state index in [0.29, 0.717) is 29.8 Å². The summed E-state index contributed by atoms with van der Waals surface area (Å²) in [4.78, 5) is 19.8. The van der Waals surface area contributed by atoms with Gasteiger partial charge in [-0.05, 0) is 61.9 Å². The number of halogens is 2. The van der Waals surface area contributed by atoms with Crippen LogP contribution < -0.4 is 0 Å². The number of allylic oxidation sites excluding steroid dienone is 1. The van der Waals surface area contributed by atoms with E-state index in [1.807, 2.05) is 86.3 Å². The zero-order chi connectivity index (χ0) is 26.1. The Labute approximate surface area is 224 Å². The maximum Gasteiger partial charge on any atom is 0.246 e. The first-order valence-electron chi connectivity index (χ1n) is 12.6. The first-order valence-corrected chi connectivity index (χ1v) is 13.4. The molecule has 1 unspecified atom stereocenters. The highest BCUT2D eigenvalue weighted by atomic mass is 35.5. The van der Waals surface area contributed by atoms with Gasteiger partial charge in [0.15, 0.2) is 5.82 Å². The van der Waals surface area contributed by atoms with Gasteiger partial charge < -0.3 is 9.42 Å². The minimum Gasteiger partial charge on any atom is -0.337 e. The number of amides is 1. The second-order valence-electron chi connectivity index (χ2n) is 9.21. The molecule has 2 heterocycles. The summed E-state index contributed by atoms with van der Waals surface area (Å²) in [6.07, 6.45) is 6.42. The lowest BCUT2D eigenvalue weighted by atomic mass is 9.75. The Hall–Kier alpha value is -2.63.